The summed E-state index contributed by atoms with van der Waals surface area (Å²) in [7, 11) is 2.95. The Hall–Kier alpha value is -2.62. The SMILES string of the molecule is COC(=O)/C=C(C)/C=C(F)/C=C(C)/C=C/c1c(C)cc(OC)c(C)c1C. The molecule has 0 amide bonds. The maximum Gasteiger partial charge on any atom is 0.330 e. The first-order chi connectivity index (χ1) is 12.2. The van der Waals surface area contributed by atoms with Crippen molar-refractivity contribution in [3.05, 3.63) is 69.6 Å². The zero-order valence-corrected chi connectivity index (χ0v) is 16.6. The van der Waals surface area contributed by atoms with Crippen LogP contribution in [0, 0.1) is 20.8 Å². The minimum atomic E-state index is -0.507. The Labute approximate surface area is 155 Å². The molecule has 0 bridgehead atoms. The number of benzene rings is 1. The molecule has 0 spiro atoms. The standard InChI is InChI=1S/C22H27FO3/c1-14(10-19(23)11-15(2)12-22(24)26-7)8-9-20-16(3)13-21(25-6)18(5)17(20)4/h8-13H,1-7H3/b9-8+,14-10+,15-12+,19-11-. The topological polar surface area (TPSA) is 35.5 Å². The lowest BCUT2D eigenvalue weighted by Gasteiger charge is -2.13. The lowest BCUT2D eigenvalue weighted by molar-refractivity contribution is -0.134. The number of hydrogen-bond donors (Lipinski definition) is 0. The molecule has 0 atom stereocenters. The van der Waals surface area contributed by atoms with Gasteiger partial charge in [-0.2, -0.15) is 0 Å². The van der Waals surface area contributed by atoms with Crippen molar-refractivity contribution in [2.45, 2.75) is 34.6 Å². The number of esters is 1. The van der Waals surface area contributed by atoms with Crippen molar-refractivity contribution in [2.75, 3.05) is 14.2 Å². The van der Waals surface area contributed by atoms with E-state index in [1.54, 1.807) is 14.0 Å². The molecule has 0 radical (unpaired) electrons. The molecule has 0 aliphatic heterocycles. The van der Waals surface area contributed by atoms with Crippen LogP contribution < -0.4 is 4.74 Å². The van der Waals surface area contributed by atoms with Gasteiger partial charge in [0, 0.05) is 6.08 Å². The Kier molecular flexibility index (Phi) is 8.04. The van der Waals surface area contributed by atoms with Crippen LogP contribution >= 0.6 is 0 Å². The maximum atomic E-state index is 14.0. The van der Waals surface area contributed by atoms with E-state index in [4.69, 9.17) is 4.74 Å². The zero-order valence-electron chi connectivity index (χ0n) is 16.6. The summed E-state index contributed by atoms with van der Waals surface area (Å²) in [5, 5.41) is 0. The average Bonchev–Trinajstić information content (AvgIpc) is 2.57. The molecular formula is C22H27FO3. The van der Waals surface area contributed by atoms with Crippen LogP contribution in [0.2, 0.25) is 0 Å². The number of aryl methyl sites for hydroxylation is 1. The first-order valence-corrected chi connectivity index (χ1v) is 8.34. The molecule has 0 aliphatic carbocycles. The molecule has 0 fully saturated rings. The van der Waals surface area contributed by atoms with Gasteiger partial charge < -0.3 is 9.47 Å². The molecule has 140 valence electrons. The van der Waals surface area contributed by atoms with Gasteiger partial charge in [0.1, 0.15) is 11.6 Å². The van der Waals surface area contributed by atoms with Gasteiger partial charge in [-0.05, 0) is 86.2 Å². The van der Waals surface area contributed by atoms with Crippen LogP contribution in [0.1, 0.15) is 36.1 Å². The fraction of sp³-hybridized carbons (Fsp3) is 0.318. The second kappa shape index (κ2) is 9.76. The van der Waals surface area contributed by atoms with Crippen molar-refractivity contribution >= 4 is 12.0 Å². The molecule has 1 aromatic rings. The van der Waals surface area contributed by atoms with Crippen LogP contribution in [0.15, 0.2) is 47.3 Å². The van der Waals surface area contributed by atoms with Gasteiger partial charge in [-0.25, -0.2) is 9.18 Å². The van der Waals surface area contributed by atoms with Crippen molar-refractivity contribution < 1.29 is 18.7 Å². The number of halogens is 1. The second-order valence-electron chi connectivity index (χ2n) is 6.22. The minimum Gasteiger partial charge on any atom is -0.496 e. The Morgan fingerprint density at radius 3 is 2.23 bits per heavy atom. The van der Waals surface area contributed by atoms with E-state index in [2.05, 4.69) is 4.74 Å². The van der Waals surface area contributed by atoms with Gasteiger partial charge in [-0.1, -0.05) is 12.2 Å². The van der Waals surface area contributed by atoms with Crippen LogP contribution in [0.3, 0.4) is 0 Å². The van der Waals surface area contributed by atoms with E-state index in [0.717, 1.165) is 33.6 Å². The van der Waals surface area contributed by atoms with Gasteiger partial charge in [0.05, 0.1) is 14.2 Å². The van der Waals surface area contributed by atoms with Gasteiger partial charge in [0.2, 0.25) is 0 Å². The largest absolute Gasteiger partial charge is 0.496 e. The zero-order chi connectivity index (χ0) is 19.9. The molecule has 0 aromatic heterocycles. The van der Waals surface area contributed by atoms with Crippen LogP contribution in [0.25, 0.3) is 6.08 Å². The smallest absolute Gasteiger partial charge is 0.330 e. The predicted molar refractivity (Wildman–Crippen MR) is 105 cm³/mol. The van der Waals surface area contributed by atoms with Gasteiger partial charge in [0.25, 0.3) is 0 Å². The normalized spacial score (nSPS) is 13.3. The number of carbonyl (C=O) groups excluding carboxylic acids is 1. The molecule has 4 heteroatoms. The van der Waals surface area contributed by atoms with Gasteiger partial charge >= 0.3 is 5.97 Å². The molecule has 3 nitrogen and oxygen atoms in total. The van der Waals surface area contributed by atoms with E-state index in [9.17, 15) is 9.18 Å². The molecule has 1 aromatic carbocycles. The number of carbonyl (C=O) groups is 1. The van der Waals surface area contributed by atoms with E-state index in [1.165, 1.54) is 25.3 Å². The fourth-order valence-electron chi connectivity index (χ4n) is 2.56. The lowest BCUT2D eigenvalue weighted by atomic mass is 9.96. The average molecular weight is 358 g/mol. The number of ether oxygens (including phenoxy) is 2. The Bertz CT molecular complexity index is 796. The maximum absolute atomic E-state index is 14.0. The minimum absolute atomic E-state index is 0.427. The summed E-state index contributed by atoms with van der Waals surface area (Å²) in [5.41, 5.74) is 5.67. The van der Waals surface area contributed by atoms with Crippen LogP contribution in [0.4, 0.5) is 4.39 Å². The van der Waals surface area contributed by atoms with Crippen molar-refractivity contribution in [1.82, 2.24) is 0 Å². The number of allylic oxidation sites excluding steroid dienone is 6. The first kappa shape index (κ1) is 21.4. The second-order valence-corrected chi connectivity index (χ2v) is 6.22. The Balaban J connectivity index is 3.05. The highest BCUT2D eigenvalue weighted by Crippen LogP contribution is 2.28. The molecular weight excluding hydrogens is 331 g/mol. The highest BCUT2D eigenvalue weighted by Gasteiger charge is 2.08. The third-order valence-corrected chi connectivity index (χ3v) is 4.12. The molecule has 26 heavy (non-hydrogen) atoms. The number of rotatable bonds is 6. The number of hydrogen-bond acceptors (Lipinski definition) is 3. The lowest BCUT2D eigenvalue weighted by Crippen LogP contribution is -1.95. The Morgan fingerprint density at radius 1 is 1.00 bits per heavy atom. The molecule has 0 saturated heterocycles. The predicted octanol–water partition coefficient (Wildman–Crippen LogP) is 5.55. The van der Waals surface area contributed by atoms with Crippen molar-refractivity contribution in [1.29, 1.82) is 0 Å². The molecule has 0 saturated carbocycles. The molecule has 1 rings (SSSR count). The highest BCUT2D eigenvalue weighted by atomic mass is 19.1. The van der Waals surface area contributed by atoms with Crippen LogP contribution in [-0.2, 0) is 9.53 Å². The fourth-order valence-corrected chi connectivity index (χ4v) is 2.56. The molecule has 0 aliphatic rings. The van der Waals surface area contributed by atoms with E-state index < -0.39 is 11.8 Å². The van der Waals surface area contributed by atoms with Crippen LogP contribution in [-0.4, -0.2) is 20.2 Å². The molecule has 0 heterocycles. The summed E-state index contributed by atoms with van der Waals surface area (Å²) in [5.74, 6) is -0.0663. The number of methoxy groups -OCH3 is 2. The van der Waals surface area contributed by atoms with Crippen molar-refractivity contribution in [2.24, 2.45) is 0 Å². The molecule has 0 unspecified atom stereocenters. The summed E-state index contributed by atoms with van der Waals surface area (Å²) >= 11 is 0. The summed E-state index contributed by atoms with van der Waals surface area (Å²) in [6, 6.07) is 2.00. The van der Waals surface area contributed by atoms with Gasteiger partial charge in [-0.15, -0.1) is 0 Å². The van der Waals surface area contributed by atoms with E-state index in [-0.39, 0.29) is 0 Å². The van der Waals surface area contributed by atoms with Gasteiger partial charge in [0.15, 0.2) is 0 Å². The van der Waals surface area contributed by atoms with Gasteiger partial charge in [-0.3, -0.25) is 0 Å². The van der Waals surface area contributed by atoms with E-state index in [1.807, 2.05) is 45.9 Å². The summed E-state index contributed by atoms with van der Waals surface area (Å²) < 4.78 is 23.9. The highest BCUT2D eigenvalue weighted by molar-refractivity contribution is 5.83. The van der Waals surface area contributed by atoms with Crippen molar-refractivity contribution in [3.8, 4) is 5.75 Å². The quantitative estimate of drug-likeness (QED) is 0.380. The van der Waals surface area contributed by atoms with E-state index >= 15 is 0 Å². The summed E-state index contributed by atoms with van der Waals surface area (Å²) in [6.07, 6.45) is 7.81. The van der Waals surface area contributed by atoms with E-state index in [0.29, 0.717) is 5.57 Å². The third-order valence-electron chi connectivity index (χ3n) is 4.12. The third kappa shape index (κ3) is 6.03. The summed E-state index contributed by atoms with van der Waals surface area (Å²) in [6.45, 7) is 9.55. The monoisotopic (exact) mass is 358 g/mol. The van der Waals surface area contributed by atoms with Crippen molar-refractivity contribution in [3.63, 3.8) is 0 Å². The summed E-state index contributed by atoms with van der Waals surface area (Å²) in [4.78, 5) is 11.1. The molecule has 0 N–H and O–H groups in total. The Morgan fingerprint density at radius 2 is 1.65 bits per heavy atom. The first-order valence-electron chi connectivity index (χ1n) is 8.34. The van der Waals surface area contributed by atoms with Crippen LogP contribution in [0.5, 0.6) is 5.75 Å².